The molecule has 2 N–H and O–H groups in total. The van der Waals surface area contributed by atoms with E-state index in [9.17, 15) is 9.59 Å². The van der Waals surface area contributed by atoms with Crippen LogP contribution in [0.3, 0.4) is 0 Å². The normalized spacial score (nSPS) is 17.7. The molecule has 1 aliphatic heterocycles. The number of esters is 1. The predicted octanol–water partition coefficient (Wildman–Crippen LogP) is 2.75. The number of benzene rings is 1. The summed E-state index contributed by atoms with van der Waals surface area (Å²) in [6.07, 6.45) is 1.66. The molecule has 2 heterocycles. The Morgan fingerprint density at radius 3 is 2.78 bits per heavy atom. The van der Waals surface area contributed by atoms with Gasteiger partial charge in [-0.05, 0) is 56.0 Å². The number of nitrogens with two attached hydrogens (primary N) is 1. The first-order chi connectivity index (χ1) is 11.0. The summed E-state index contributed by atoms with van der Waals surface area (Å²) >= 11 is 0. The number of rotatable bonds is 3. The summed E-state index contributed by atoms with van der Waals surface area (Å²) < 4.78 is 10.9. The van der Waals surface area contributed by atoms with Crippen LogP contribution in [0.4, 0.5) is 4.79 Å². The molecule has 3 rings (SSSR count). The van der Waals surface area contributed by atoms with Gasteiger partial charge in [0.2, 0.25) is 5.76 Å². The summed E-state index contributed by atoms with van der Waals surface area (Å²) in [5.74, 6) is -0.346. The average molecular weight is 316 g/mol. The fourth-order valence-corrected chi connectivity index (χ4v) is 2.95. The molecule has 0 bridgehead atoms. The van der Waals surface area contributed by atoms with Crippen LogP contribution in [0.15, 0.2) is 22.6 Å². The van der Waals surface area contributed by atoms with Crippen LogP contribution in [-0.4, -0.2) is 36.1 Å². The zero-order chi connectivity index (χ0) is 16.6. The smallest absolute Gasteiger partial charge is 0.374 e. The molecular weight excluding hydrogens is 296 g/mol. The Kier molecular flexibility index (Phi) is 3.98. The fraction of sp³-hybridized carbons (Fsp3) is 0.412. The number of ether oxygens (including phenoxy) is 1. The number of furan rings is 1. The summed E-state index contributed by atoms with van der Waals surface area (Å²) in [4.78, 5) is 25.0. The summed E-state index contributed by atoms with van der Waals surface area (Å²) in [5.41, 5.74) is 8.23. The topological polar surface area (TPSA) is 85.8 Å². The third kappa shape index (κ3) is 3.02. The van der Waals surface area contributed by atoms with Crippen molar-refractivity contribution in [2.24, 2.45) is 5.73 Å². The molecule has 0 unspecified atom stereocenters. The molecule has 1 aliphatic rings. The number of carbonyl (C=O) groups is 2. The minimum atomic E-state index is -0.521. The van der Waals surface area contributed by atoms with Crippen LogP contribution in [0.2, 0.25) is 0 Å². The van der Waals surface area contributed by atoms with E-state index in [0.29, 0.717) is 12.1 Å². The molecule has 0 saturated carbocycles. The lowest BCUT2D eigenvalue weighted by Gasteiger charge is -2.21. The Balaban J connectivity index is 1.70. The van der Waals surface area contributed by atoms with Gasteiger partial charge in [0, 0.05) is 11.9 Å². The third-order valence-corrected chi connectivity index (χ3v) is 4.40. The summed E-state index contributed by atoms with van der Waals surface area (Å²) in [7, 11) is 0. The maximum atomic E-state index is 12.2. The fourth-order valence-electron chi connectivity index (χ4n) is 2.95. The quantitative estimate of drug-likeness (QED) is 0.882. The van der Waals surface area contributed by atoms with Crippen LogP contribution in [-0.2, 0) is 4.74 Å². The summed E-state index contributed by atoms with van der Waals surface area (Å²) in [6, 6.07) is 4.96. The first-order valence-corrected chi connectivity index (χ1v) is 7.69. The van der Waals surface area contributed by atoms with Gasteiger partial charge in [-0.2, -0.15) is 0 Å². The van der Waals surface area contributed by atoms with E-state index in [4.69, 9.17) is 14.9 Å². The van der Waals surface area contributed by atoms with Crippen LogP contribution in [0.1, 0.15) is 34.5 Å². The maximum absolute atomic E-state index is 12.2. The zero-order valence-electron chi connectivity index (χ0n) is 13.3. The van der Waals surface area contributed by atoms with Crippen molar-refractivity contribution in [1.82, 2.24) is 4.90 Å². The van der Waals surface area contributed by atoms with E-state index >= 15 is 0 Å². The molecule has 0 aliphatic carbocycles. The van der Waals surface area contributed by atoms with Gasteiger partial charge in [-0.1, -0.05) is 0 Å². The number of amides is 2. The second-order valence-corrected chi connectivity index (χ2v) is 6.01. The number of likely N-dealkylation sites (tertiary alicyclic amines) is 1. The maximum Gasteiger partial charge on any atom is 0.374 e. The number of aryl methyl sites for hydroxylation is 2. The van der Waals surface area contributed by atoms with Gasteiger partial charge in [0.25, 0.3) is 0 Å². The lowest BCUT2D eigenvalue weighted by molar-refractivity contribution is 0.0390. The molecule has 0 radical (unpaired) electrons. The Morgan fingerprint density at radius 1 is 1.30 bits per heavy atom. The van der Waals surface area contributed by atoms with Crippen molar-refractivity contribution in [2.45, 2.75) is 32.7 Å². The van der Waals surface area contributed by atoms with E-state index in [1.807, 2.05) is 26.0 Å². The van der Waals surface area contributed by atoms with Gasteiger partial charge >= 0.3 is 12.0 Å². The Bertz CT molecular complexity index is 726. The minimum Gasteiger partial charge on any atom is -0.458 e. The average Bonchev–Trinajstić information content (AvgIpc) is 3.11. The van der Waals surface area contributed by atoms with Crippen molar-refractivity contribution < 1.29 is 18.7 Å². The molecular formula is C17H20N2O4. The van der Waals surface area contributed by atoms with Gasteiger partial charge in [0.1, 0.15) is 12.2 Å². The van der Waals surface area contributed by atoms with Gasteiger partial charge in [-0.3, -0.25) is 0 Å². The largest absolute Gasteiger partial charge is 0.458 e. The highest BCUT2D eigenvalue weighted by Gasteiger charge is 2.28. The Labute approximate surface area is 134 Å². The number of primary amides is 1. The first-order valence-electron chi connectivity index (χ1n) is 7.69. The van der Waals surface area contributed by atoms with Gasteiger partial charge in [0.15, 0.2) is 0 Å². The number of carbonyl (C=O) groups excluding carboxylic acids is 2. The van der Waals surface area contributed by atoms with Crippen LogP contribution < -0.4 is 5.73 Å². The van der Waals surface area contributed by atoms with Crippen molar-refractivity contribution in [3.63, 3.8) is 0 Å². The molecule has 23 heavy (non-hydrogen) atoms. The Hall–Kier alpha value is -2.50. The molecule has 2 aromatic rings. The second kappa shape index (κ2) is 5.95. The monoisotopic (exact) mass is 316 g/mol. The predicted molar refractivity (Wildman–Crippen MR) is 85.3 cm³/mol. The SMILES string of the molecule is Cc1cc2cc(C(=O)OC[C@H]3CCCN3C(N)=O)oc2cc1C. The number of hydrogen-bond donors (Lipinski definition) is 1. The van der Waals surface area contributed by atoms with Crippen molar-refractivity contribution in [3.05, 3.63) is 35.1 Å². The van der Waals surface area contributed by atoms with Gasteiger partial charge < -0.3 is 19.8 Å². The van der Waals surface area contributed by atoms with Gasteiger partial charge in [-0.25, -0.2) is 9.59 Å². The van der Waals surface area contributed by atoms with E-state index in [-0.39, 0.29) is 18.4 Å². The summed E-state index contributed by atoms with van der Waals surface area (Å²) in [6.45, 7) is 4.75. The highest BCUT2D eigenvalue weighted by Crippen LogP contribution is 2.24. The number of fused-ring (bicyclic) bond motifs is 1. The van der Waals surface area contributed by atoms with E-state index in [1.165, 1.54) is 0 Å². The molecule has 1 aromatic carbocycles. The van der Waals surface area contributed by atoms with Crippen molar-refractivity contribution in [3.8, 4) is 0 Å². The number of nitrogens with zero attached hydrogens (tertiary/aromatic N) is 1. The van der Waals surface area contributed by atoms with Crippen LogP contribution in [0.5, 0.6) is 0 Å². The molecule has 2 amide bonds. The van der Waals surface area contributed by atoms with Crippen molar-refractivity contribution in [2.75, 3.05) is 13.2 Å². The van der Waals surface area contributed by atoms with E-state index in [0.717, 1.165) is 29.4 Å². The standard InChI is InChI=1S/C17H20N2O4/c1-10-6-12-8-15(23-14(12)7-11(10)2)16(20)22-9-13-4-3-5-19(13)17(18)21/h6-8,13H,3-5,9H2,1-2H3,(H2,18,21)/t13-/m1/s1. The molecule has 1 saturated heterocycles. The molecule has 1 atom stereocenters. The first kappa shape index (κ1) is 15.4. The zero-order valence-corrected chi connectivity index (χ0v) is 13.3. The van der Waals surface area contributed by atoms with Gasteiger partial charge in [-0.15, -0.1) is 0 Å². The molecule has 6 heteroatoms. The number of urea groups is 1. The highest BCUT2D eigenvalue weighted by molar-refractivity contribution is 5.93. The lowest BCUT2D eigenvalue weighted by Crippen LogP contribution is -2.41. The van der Waals surface area contributed by atoms with E-state index in [1.54, 1.807) is 11.0 Å². The molecule has 6 nitrogen and oxygen atoms in total. The van der Waals surface area contributed by atoms with Crippen LogP contribution in [0.25, 0.3) is 11.0 Å². The highest BCUT2D eigenvalue weighted by atomic mass is 16.5. The second-order valence-electron chi connectivity index (χ2n) is 6.01. The minimum absolute atomic E-state index is 0.136. The number of hydrogen-bond acceptors (Lipinski definition) is 4. The van der Waals surface area contributed by atoms with Crippen molar-refractivity contribution >= 4 is 23.0 Å². The van der Waals surface area contributed by atoms with Crippen LogP contribution >= 0.6 is 0 Å². The lowest BCUT2D eigenvalue weighted by atomic mass is 10.1. The van der Waals surface area contributed by atoms with E-state index in [2.05, 4.69) is 0 Å². The molecule has 1 aromatic heterocycles. The molecule has 122 valence electrons. The summed E-state index contributed by atoms with van der Waals surface area (Å²) in [5, 5.41) is 0.875. The van der Waals surface area contributed by atoms with Crippen molar-refractivity contribution in [1.29, 1.82) is 0 Å². The molecule has 0 spiro atoms. The Morgan fingerprint density at radius 2 is 2.04 bits per heavy atom. The third-order valence-electron chi connectivity index (χ3n) is 4.40. The molecule has 1 fully saturated rings. The van der Waals surface area contributed by atoms with Gasteiger partial charge in [0.05, 0.1) is 6.04 Å². The van der Waals surface area contributed by atoms with Crippen LogP contribution in [0, 0.1) is 13.8 Å². The van der Waals surface area contributed by atoms with E-state index < -0.39 is 12.0 Å².